The highest BCUT2D eigenvalue weighted by Crippen LogP contribution is 2.18. The second-order valence-electron chi connectivity index (χ2n) is 6.69. The molecule has 0 radical (unpaired) electrons. The van der Waals surface area contributed by atoms with Gasteiger partial charge in [0, 0.05) is 19.5 Å². The molecular formula is C21H22N4O4S. The molecule has 9 heteroatoms. The summed E-state index contributed by atoms with van der Waals surface area (Å²) >= 11 is 0. The highest BCUT2D eigenvalue weighted by atomic mass is 32.2. The Kier molecular flexibility index (Phi) is 7.30. The number of nitriles is 1. The van der Waals surface area contributed by atoms with Crippen molar-refractivity contribution >= 4 is 22.1 Å². The first kappa shape index (κ1) is 21.6. The van der Waals surface area contributed by atoms with E-state index >= 15 is 0 Å². The van der Waals surface area contributed by atoms with E-state index < -0.39 is 10.0 Å². The van der Waals surface area contributed by atoms with Crippen molar-refractivity contribution in [3.05, 3.63) is 65.2 Å². The molecule has 1 heterocycles. The summed E-state index contributed by atoms with van der Waals surface area (Å²) in [4.78, 5) is 12.2. The van der Waals surface area contributed by atoms with E-state index in [1.165, 1.54) is 10.5 Å². The third-order valence-electron chi connectivity index (χ3n) is 4.61. The maximum atomic E-state index is 12.6. The van der Waals surface area contributed by atoms with Crippen molar-refractivity contribution in [1.29, 1.82) is 5.26 Å². The number of carbonyl (C=O) groups is 1. The van der Waals surface area contributed by atoms with Crippen LogP contribution < -0.4 is 5.43 Å². The molecule has 0 aromatic heterocycles. The summed E-state index contributed by atoms with van der Waals surface area (Å²) in [6, 6.07) is 15.4. The second kappa shape index (κ2) is 10.1. The van der Waals surface area contributed by atoms with Crippen LogP contribution in [-0.4, -0.2) is 51.1 Å². The number of nitrogens with zero attached hydrogens (tertiary/aromatic N) is 3. The number of sulfonamides is 1. The van der Waals surface area contributed by atoms with E-state index in [1.54, 1.807) is 48.5 Å². The molecule has 1 aliphatic heterocycles. The SMILES string of the molecule is N#Cc1ccc(/C=N\NC(=O)CCc2ccc(S(=O)(=O)N3CCOCC3)cc2)cc1. The fraction of sp³-hybridized carbons (Fsp3) is 0.286. The Morgan fingerprint density at radius 1 is 1.13 bits per heavy atom. The van der Waals surface area contributed by atoms with Crippen molar-refractivity contribution in [2.45, 2.75) is 17.7 Å². The number of ether oxygens (including phenoxy) is 1. The number of hydrazone groups is 1. The monoisotopic (exact) mass is 426 g/mol. The lowest BCUT2D eigenvalue weighted by Crippen LogP contribution is -2.40. The number of amides is 1. The highest BCUT2D eigenvalue weighted by Gasteiger charge is 2.26. The van der Waals surface area contributed by atoms with Gasteiger partial charge >= 0.3 is 0 Å². The molecule has 1 N–H and O–H groups in total. The van der Waals surface area contributed by atoms with E-state index in [1.807, 2.05) is 6.07 Å². The van der Waals surface area contributed by atoms with Gasteiger partial charge in [0.05, 0.1) is 36.0 Å². The topological polar surface area (TPSA) is 112 Å². The predicted molar refractivity (Wildman–Crippen MR) is 111 cm³/mol. The summed E-state index contributed by atoms with van der Waals surface area (Å²) in [5.41, 5.74) is 4.65. The van der Waals surface area contributed by atoms with Crippen molar-refractivity contribution in [3.63, 3.8) is 0 Å². The molecular weight excluding hydrogens is 404 g/mol. The smallest absolute Gasteiger partial charge is 0.243 e. The number of hydrogen-bond donors (Lipinski definition) is 1. The van der Waals surface area contributed by atoms with Crippen LogP contribution in [0.3, 0.4) is 0 Å². The molecule has 8 nitrogen and oxygen atoms in total. The molecule has 0 spiro atoms. The van der Waals surface area contributed by atoms with E-state index in [4.69, 9.17) is 10.00 Å². The van der Waals surface area contributed by atoms with E-state index in [9.17, 15) is 13.2 Å². The molecule has 0 saturated carbocycles. The molecule has 0 aliphatic carbocycles. The van der Waals surface area contributed by atoms with Crippen LogP contribution in [0.25, 0.3) is 0 Å². The van der Waals surface area contributed by atoms with Gasteiger partial charge in [0.15, 0.2) is 0 Å². The van der Waals surface area contributed by atoms with Crippen molar-refractivity contribution in [1.82, 2.24) is 9.73 Å². The van der Waals surface area contributed by atoms with Crippen molar-refractivity contribution in [2.24, 2.45) is 5.10 Å². The van der Waals surface area contributed by atoms with Crippen LogP contribution in [0.2, 0.25) is 0 Å². The summed E-state index contributed by atoms with van der Waals surface area (Å²) in [5, 5.41) is 12.7. The largest absolute Gasteiger partial charge is 0.379 e. The zero-order valence-electron chi connectivity index (χ0n) is 16.3. The quantitative estimate of drug-likeness (QED) is 0.535. The van der Waals surface area contributed by atoms with Gasteiger partial charge in [-0.05, 0) is 41.8 Å². The van der Waals surface area contributed by atoms with Crippen LogP contribution in [0.4, 0.5) is 0 Å². The van der Waals surface area contributed by atoms with Gasteiger partial charge in [-0.1, -0.05) is 24.3 Å². The van der Waals surface area contributed by atoms with Crippen LogP contribution in [0.5, 0.6) is 0 Å². The molecule has 1 amide bonds. The molecule has 0 atom stereocenters. The first-order valence-electron chi connectivity index (χ1n) is 9.48. The van der Waals surface area contributed by atoms with E-state index in [-0.39, 0.29) is 17.2 Å². The summed E-state index contributed by atoms with van der Waals surface area (Å²) < 4.78 is 31.8. The molecule has 1 fully saturated rings. The van der Waals surface area contributed by atoms with Crippen LogP contribution in [0, 0.1) is 11.3 Å². The van der Waals surface area contributed by atoms with Crippen molar-refractivity contribution in [3.8, 4) is 6.07 Å². The summed E-state index contributed by atoms with van der Waals surface area (Å²) in [5.74, 6) is -0.245. The maximum Gasteiger partial charge on any atom is 0.243 e. The lowest BCUT2D eigenvalue weighted by atomic mass is 10.1. The second-order valence-corrected chi connectivity index (χ2v) is 8.63. The zero-order chi connectivity index (χ0) is 21.4. The number of benzene rings is 2. The molecule has 2 aromatic rings. The number of morpholine rings is 1. The molecule has 1 saturated heterocycles. The number of nitrogens with one attached hydrogen (secondary N) is 1. The van der Waals surface area contributed by atoms with Crippen molar-refractivity contribution < 1.29 is 17.9 Å². The van der Waals surface area contributed by atoms with Crippen molar-refractivity contribution in [2.75, 3.05) is 26.3 Å². The molecule has 0 bridgehead atoms. The fourth-order valence-electron chi connectivity index (χ4n) is 2.90. The average Bonchev–Trinajstić information content (AvgIpc) is 2.79. The summed E-state index contributed by atoms with van der Waals surface area (Å²) in [6.07, 6.45) is 2.20. The Balaban J connectivity index is 1.49. The molecule has 156 valence electrons. The van der Waals surface area contributed by atoms with Gasteiger partial charge in [-0.25, -0.2) is 13.8 Å². The number of aryl methyl sites for hydroxylation is 1. The minimum Gasteiger partial charge on any atom is -0.379 e. The molecule has 0 unspecified atom stereocenters. The predicted octanol–water partition coefficient (Wildman–Crippen LogP) is 1.66. The van der Waals surface area contributed by atoms with Gasteiger partial charge < -0.3 is 4.74 Å². The summed E-state index contributed by atoms with van der Waals surface area (Å²) in [7, 11) is -3.52. The number of hydrogen-bond acceptors (Lipinski definition) is 6. The maximum absolute atomic E-state index is 12.6. The minimum absolute atomic E-state index is 0.222. The van der Waals surface area contributed by atoms with Crippen LogP contribution in [0.15, 0.2) is 58.5 Å². The Morgan fingerprint density at radius 3 is 2.43 bits per heavy atom. The van der Waals surface area contributed by atoms with Gasteiger partial charge in [0.1, 0.15) is 0 Å². The van der Waals surface area contributed by atoms with Gasteiger partial charge in [-0.15, -0.1) is 0 Å². The Hall–Kier alpha value is -3.06. The Labute approximate surface area is 175 Å². The summed E-state index contributed by atoms with van der Waals surface area (Å²) in [6.45, 7) is 1.51. The minimum atomic E-state index is -3.52. The molecule has 2 aromatic carbocycles. The normalized spacial score (nSPS) is 15.0. The van der Waals surface area contributed by atoms with Gasteiger partial charge in [0.2, 0.25) is 15.9 Å². The standard InChI is InChI=1S/C21H22N4O4S/c22-15-18-1-3-19(4-2-18)16-23-24-21(26)10-7-17-5-8-20(9-6-17)30(27,28)25-11-13-29-14-12-25/h1-6,8-9,16H,7,10-14H2,(H,24,26)/b23-16-. The number of rotatable bonds is 7. The Morgan fingerprint density at radius 2 is 1.80 bits per heavy atom. The lowest BCUT2D eigenvalue weighted by Gasteiger charge is -2.26. The van der Waals surface area contributed by atoms with E-state index in [0.29, 0.717) is 38.3 Å². The molecule has 30 heavy (non-hydrogen) atoms. The highest BCUT2D eigenvalue weighted by molar-refractivity contribution is 7.89. The van der Waals surface area contributed by atoms with Gasteiger partial charge in [-0.3, -0.25) is 4.79 Å². The first-order chi connectivity index (χ1) is 14.5. The Bertz CT molecular complexity index is 1040. The van der Waals surface area contributed by atoms with Gasteiger partial charge in [0.25, 0.3) is 0 Å². The number of carbonyl (C=O) groups excluding carboxylic acids is 1. The third-order valence-corrected chi connectivity index (χ3v) is 6.53. The fourth-order valence-corrected chi connectivity index (χ4v) is 4.31. The van der Waals surface area contributed by atoms with Gasteiger partial charge in [-0.2, -0.15) is 14.7 Å². The molecule has 1 aliphatic rings. The zero-order valence-corrected chi connectivity index (χ0v) is 17.1. The van der Waals surface area contributed by atoms with E-state index in [0.717, 1.165) is 11.1 Å². The third kappa shape index (κ3) is 5.73. The molecule has 3 rings (SSSR count). The first-order valence-corrected chi connectivity index (χ1v) is 10.9. The average molecular weight is 426 g/mol. The van der Waals surface area contributed by atoms with Crippen LogP contribution in [-0.2, 0) is 26.0 Å². The van der Waals surface area contributed by atoms with Crippen LogP contribution >= 0.6 is 0 Å². The van der Waals surface area contributed by atoms with Crippen LogP contribution in [0.1, 0.15) is 23.1 Å². The lowest BCUT2D eigenvalue weighted by molar-refractivity contribution is -0.121. The van der Waals surface area contributed by atoms with E-state index in [2.05, 4.69) is 10.5 Å².